The average molecular weight is 541 g/mol. The fourth-order valence-electron chi connectivity index (χ4n) is 5.96. The smallest absolute Gasteiger partial charge is 0.104 e. The summed E-state index contributed by atoms with van der Waals surface area (Å²) < 4.78 is 0. The van der Waals surface area contributed by atoms with Crippen LogP contribution < -0.4 is 5.32 Å². The van der Waals surface area contributed by atoms with Crippen LogP contribution in [0.1, 0.15) is 37.3 Å². The number of hydrogen-bond donors (Lipinski definition) is 1. The van der Waals surface area contributed by atoms with Crippen molar-refractivity contribution in [1.29, 1.82) is 0 Å². The van der Waals surface area contributed by atoms with Gasteiger partial charge >= 0.3 is 0 Å². The molecule has 0 saturated carbocycles. The highest BCUT2D eigenvalue weighted by atomic mass is 15.2. The lowest BCUT2D eigenvalue weighted by Gasteiger charge is -2.21. The third-order valence-corrected chi connectivity index (χ3v) is 8.18. The molecule has 2 aliphatic rings. The molecule has 1 N–H and O–H groups in total. The number of nitrogens with one attached hydrogen (secondary N) is 1. The molecule has 2 heterocycles. The van der Waals surface area contributed by atoms with E-state index in [4.69, 9.17) is 9.98 Å². The van der Waals surface area contributed by atoms with Crippen LogP contribution in [0.3, 0.4) is 0 Å². The summed E-state index contributed by atoms with van der Waals surface area (Å²) in [5, 5.41) is 3.69. The van der Waals surface area contributed by atoms with Gasteiger partial charge in [-0.1, -0.05) is 109 Å². The predicted octanol–water partition coefficient (Wildman–Crippen LogP) is 7.45. The van der Waals surface area contributed by atoms with Crippen LogP contribution in [0.5, 0.6) is 0 Å². The van der Waals surface area contributed by atoms with Crippen LogP contribution in [0.25, 0.3) is 22.3 Å². The predicted molar refractivity (Wildman–Crippen MR) is 173 cm³/mol. The second kappa shape index (κ2) is 13.0. The van der Waals surface area contributed by atoms with Crippen molar-refractivity contribution in [2.75, 3.05) is 19.6 Å². The SMILES string of the molecule is C[C@H]1CN(CCCC[C@H]2CN=C(Cc3ccc(-c4ccccc4)cc3)N2)C(Cc2ccc(-c3ccccc3)cc2)=N1. The molecule has 0 saturated heterocycles. The molecule has 4 nitrogen and oxygen atoms in total. The van der Waals surface area contributed by atoms with Gasteiger partial charge in [0.1, 0.15) is 11.7 Å². The Morgan fingerprint density at radius 2 is 1.24 bits per heavy atom. The summed E-state index contributed by atoms with van der Waals surface area (Å²) in [4.78, 5) is 12.3. The molecule has 2 aliphatic heterocycles. The Kier molecular flexibility index (Phi) is 8.56. The minimum atomic E-state index is 0.378. The van der Waals surface area contributed by atoms with E-state index in [1.165, 1.54) is 52.1 Å². The van der Waals surface area contributed by atoms with Gasteiger partial charge in [0.2, 0.25) is 0 Å². The van der Waals surface area contributed by atoms with Crippen LogP contribution in [0, 0.1) is 0 Å². The van der Waals surface area contributed by atoms with E-state index >= 15 is 0 Å². The number of nitrogens with zero attached hydrogens (tertiary/aromatic N) is 3. The molecular weight excluding hydrogens is 500 g/mol. The van der Waals surface area contributed by atoms with Gasteiger partial charge in [-0.3, -0.25) is 9.98 Å². The first-order valence-corrected chi connectivity index (χ1v) is 15.1. The second-order valence-electron chi connectivity index (χ2n) is 11.4. The summed E-state index contributed by atoms with van der Waals surface area (Å²) in [7, 11) is 0. The summed E-state index contributed by atoms with van der Waals surface area (Å²) in [6.45, 7) is 5.24. The molecule has 4 aromatic carbocycles. The van der Waals surface area contributed by atoms with E-state index in [0.29, 0.717) is 12.1 Å². The molecule has 0 radical (unpaired) electrons. The summed E-state index contributed by atoms with van der Waals surface area (Å²) in [6.07, 6.45) is 5.34. The fourth-order valence-corrected chi connectivity index (χ4v) is 5.96. The molecule has 208 valence electrons. The number of benzene rings is 4. The van der Waals surface area contributed by atoms with E-state index in [1.807, 2.05) is 0 Å². The molecule has 6 rings (SSSR count). The summed E-state index contributed by atoms with van der Waals surface area (Å²) in [5.74, 6) is 2.37. The highest BCUT2D eigenvalue weighted by Gasteiger charge is 2.22. The van der Waals surface area contributed by atoms with Crippen LogP contribution in [0.15, 0.2) is 119 Å². The van der Waals surface area contributed by atoms with E-state index in [2.05, 4.69) is 126 Å². The van der Waals surface area contributed by atoms with Crippen LogP contribution in [-0.4, -0.2) is 48.3 Å². The molecule has 41 heavy (non-hydrogen) atoms. The summed E-state index contributed by atoms with van der Waals surface area (Å²) >= 11 is 0. The first-order valence-electron chi connectivity index (χ1n) is 15.1. The van der Waals surface area contributed by atoms with E-state index in [9.17, 15) is 0 Å². The number of amidine groups is 2. The number of aliphatic imine (C=N–C) groups is 2. The normalized spacial score (nSPS) is 18.2. The van der Waals surface area contributed by atoms with E-state index in [1.54, 1.807) is 0 Å². The van der Waals surface area contributed by atoms with Crippen molar-refractivity contribution in [3.63, 3.8) is 0 Å². The standard InChI is InChI=1S/C37H40N4/c1-28-27-41(37(39-28)25-30-17-21-34(22-18-30)32-12-6-3-7-13-32)23-9-8-14-35-26-38-36(40-35)24-29-15-19-33(20-16-29)31-10-4-2-5-11-31/h2-7,10-13,15-22,28,35H,8-9,14,23-27H2,1H3,(H,38,40)/t28-,35-/m0/s1. The van der Waals surface area contributed by atoms with Gasteiger partial charge < -0.3 is 10.2 Å². The highest BCUT2D eigenvalue weighted by Crippen LogP contribution is 2.22. The first-order chi connectivity index (χ1) is 20.2. The Morgan fingerprint density at radius 1 is 0.683 bits per heavy atom. The van der Waals surface area contributed by atoms with Crippen LogP contribution >= 0.6 is 0 Å². The van der Waals surface area contributed by atoms with Gasteiger partial charge in [0.25, 0.3) is 0 Å². The van der Waals surface area contributed by atoms with Gasteiger partial charge in [0.05, 0.1) is 12.6 Å². The van der Waals surface area contributed by atoms with Gasteiger partial charge in [-0.05, 0) is 59.6 Å². The molecule has 0 aromatic heterocycles. The third-order valence-electron chi connectivity index (χ3n) is 8.18. The van der Waals surface area contributed by atoms with Crippen molar-refractivity contribution in [3.8, 4) is 22.3 Å². The molecule has 2 atom stereocenters. The Balaban J connectivity index is 0.925. The van der Waals surface area contributed by atoms with Crippen LogP contribution in [0.2, 0.25) is 0 Å². The molecule has 0 fully saturated rings. The van der Waals surface area contributed by atoms with Gasteiger partial charge in [0.15, 0.2) is 0 Å². The molecule has 0 aliphatic carbocycles. The van der Waals surface area contributed by atoms with E-state index in [-0.39, 0.29) is 0 Å². The van der Waals surface area contributed by atoms with Crippen LogP contribution in [-0.2, 0) is 12.8 Å². The lowest BCUT2D eigenvalue weighted by molar-refractivity contribution is 0.403. The molecule has 4 heteroatoms. The molecular formula is C37H40N4. The first kappa shape index (κ1) is 27.0. The Labute approximate surface area is 244 Å². The van der Waals surface area contributed by atoms with Gasteiger partial charge in [-0.15, -0.1) is 0 Å². The maximum atomic E-state index is 4.99. The molecule has 0 amide bonds. The molecule has 0 spiro atoms. The highest BCUT2D eigenvalue weighted by molar-refractivity contribution is 5.87. The van der Waals surface area contributed by atoms with Crippen molar-refractivity contribution in [2.45, 2.75) is 51.1 Å². The lowest BCUT2D eigenvalue weighted by Crippen LogP contribution is -2.33. The molecule has 0 bridgehead atoms. The minimum Gasteiger partial charge on any atom is -0.369 e. The Hall–Kier alpha value is -4.18. The summed E-state index contributed by atoms with van der Waals surface area (Å²) in [6, 6.07) is 39.8. The zero-order valence-electron chi connectivity index (χ0n) is 24.0. The minimum absolute atomic E-state index is 0.378. The number of unbranched alkanes of at least 4 members (excludes halogenated alkanes) is 1. The number of hydrogen-bond acceptors (Lipinski definition) is 4. The third kappa shape index (κ3) is 7.13. The van der Waals surface area contributed by atoms with Gasteiger partial charge in [-0.25, -0.2) is 0 Å². The fraction of sp³-hybridized carbons (Fsp3) is 0.297. The molecule has 4 aromatic rings. The van der Waals surface area contributed by atoms with Crippen LogP contribution in [0.4, 0.5) is 0 Å². The van der Waals surface area contributed by atoms with E-state index in [0.717, 1.165) is 44.7 Å². The van der Waals surface area contributed by atoms with Crippen molar-refractivity contribution in [1.82, 2.24) is 10.2 Å². The quantitative estimate of drug-likeness (QED) is 0.201. The number of rotatable bonds is 11. The summed E-state index contributed by atoms with van der Waals surface area (Å²) in [5.41, 5.74) is 7.68. The topological polar surface area (TPSA) is 40.0 Å². The van der Waals surface area contributed by atoms with E-state index < -0.39 is 0 Å². The lowest BCUT2D eigenvalue weighted by atomic mass is 10.0. The average Bonchev–Trinajstić information content (AvgIpc) is 3.62. The maximum absolute atomic E-state index is 4.99. The van der Waals surface area contributed by atoms with Crippen molar-refractivity contribution in [2.24, 2.45) is 9.98 Å². The zero-order valence-corrected chi connectivity index (χ0v) is 24.0. The Morgan fingerprint density at radius 3 is 1.85 bits per heavy atom. The Bertz CT molecular complexity index is 1460. The largest absolute Gasteiger partial charge is 0.369 e. The second-order valence-corrected chi connectivity index (χ2v) is 11.4. The van der Waals surface area contributed by atoms with Crippen molar-refractivity contribution >= 4 is 11.7 Å². The van der Waals surface area contributed by atoms with Gasteiger partial charge in [-0.2, -0.15) is 0 Å². The monoisotopic (exact) mass is 540 g/mol. The molecule has 0 unspecified atom stereocenters. The maximum Gasteiger partial charge on any atom is 0.104 e. The zero-order chi connectivity index (χ0) is 27.9. The van der Waals surface area contributed by atoms with Crippen molar-refractivity contribution in [3.05, 3.63) is 120 Å². The van der Waals surface area contributed by atoms with Gasteiger partial charge in [0, 0.05) is 32.0 Å². The van der Waals surface area contributed by atoms with Crippen molar-refractivity contribution < 1.29 is 0 Å².